The Hall–Kier alpha value is -3.02. The number of likely N-dealkylation sites (tertiary alicyclic amines) is 1. The number of hydrogen-bond acceptors (Lipinski definition) is 4. The van der Waals surface area contributed by atoms with Gasteiger partial charge in [0, 0.05) is 18.7 Å². The first kappa shape index (κ1) is 18.3. The van der Waals surface area contributed by atoms with Gasteiger partial charge in [-0.15, -0.1) is 0 Å². The Kier molecular flexibility index (Phi) is 4.94. The van der Waals surface area contributed by atoms with Crippen LogP contribution in [0.4, 0.5) is 0 Å². The molecule has 1 fully saturated rings. The first-order valence-electron chi connectivity index (χ1n) is 9.54. The summed E-state index contributed by atoms with van der Waals surface area (Å²) < 4.78 is 10.6. The van der Waals surface area contributed by atoms with Crippen molar-refractivity contribution in [2.45, 2.75) is 25.7 Å². The first-order chi connectivity index (χ1) is 13.6. The van der Waals surface area contributed by atoms with Gasteiger partial charge in [0.05, 0.1) is 5.41 Å². The van der Waals surface area contributed by atoms with Crippen molar-refractivity contribution in [1.29, 1.82) is 0 Å². The van der Waals surface area contributed by atoms with Gasteiger partial charge in [0.1, 0.15) is 0 Å². The van der Waals surface area contributed by atoms with Gasteiger partial charge in [0.15, 0.2) is 11.5 Å². The average molecular weight is 381 g/mol. The van der Waals surface area contributed by atoms with Gasteiger partial charge < -0.3 is 19.5 Å². The van der Waals surface area contributed by atoms with Crippen LogP contribution in [-0.4, -0.2) is 41.8 Å². The number of nitrogens with zero attached hydrogens (tertiary/aromatic N) is 1. The zero-order valence-corrected chi connectivity index (χ0v) is 15.6. The van der Waals surface area contributed by atoms with Crippen molar-refractivity contribution in [2.24, 2.45) is 5.41 Å². The molecule has 2 aromatic carbocycles. The summed E-state index contributed by atoms with van der Waals surface area (Å²) in [6, 6.07) is 15.0. The van der Waals surface area contributed by atoms with Crippen LogP contribution in [0.2, 0.25) is 0 Å². The number of piperidine rings is 1. The molecule has 6 heteroatoms. The fraction of sp³-hybridized carbons (Fsp3) is 0.364. The van der Waals surface area contributed by atoms with Crippen LogP contribution >= 0.6 is 0 Å². The van der Waals surface area contributed by atoms with Crippen molar-refractivity contribution < 1.29 is 24.2 Å². The number of carboxylic acids is 1. The van der Waals surface area contributed by atoms with Crippen molar-refractivity contribution in [3.05, 3.63) is 59.7 Å². The quantitative estimate of drug-likeness (QED) is 0.860. The second-order valence-corrected chi connectivity index (χ2v) is 7.47. The maximum absolute atomic E-state index is 13.0. The fourth-order valence-electron chi connectivity index (χ4n) is 4.03. The van der Waals surface area contributed by atoms with Crippen molar-refractivity contribution >= 4 is 11.9 Å². The fourth-order valence-corrected chi connectivity index (χ4v) is 4.03. The molecule has 2 aliphatic heterocycles. The van der Waals surface area contributed by atoms with Gasteiger partial charge in [0.25, 0.3) is 5.91 Å². The molecule has 6 nitrogen and oxygen atoms in total. The Labute approximate surface area is 163 Å². The number of amides is 1. The minimum Gasteiger partial charge on any atom is -0.481 e. The summed E-state index contributed by atoms with van der Waals surface area (Å²) in [6.45, 7) is 0.939. The Balaban J connectivity index is 1.51. The highest BCUT2D eigenvalue weighted by Crippen LogP contribution is 2.37. The van der Waals surface area contributed by atoms with Crippen molar-refractivity contribution in [3.8, 4) is 11.5 Å². The number of aryl methyl sites for hydroxylation is 1. The Morgan fingerprint density at radius 2 is 1.86 bits per heavy atom. The van der Waals surface area contributed by atoms with Gasteiger partial charge in [-0.2, -0.15) is 0 Å². The van der Waals surface area contributed by atoms with Crippen LogP contribution in [0.25, 0.3) is 0 Å². The number of carbonyl (C=O) groups is 2. The maximum atomic E-state index is 13.0. The van der Waals surface area contributed by atoms with Crippen molar-refractivity contribution in [2.75, 3.05) is 19.9 Å². The predicted octanol–water partition coefficient (Wildman–Crippen LogP) is 3.36. The third kappa shape index (κ3) is 3.54. The van der Waals surface area contributed by atoms with Gasteiger partial charge in [-0.3, -0.25) is 9.59 Å². The molecule has 0 aliphatic carbocycles. The largest absolute Gasteiger partial charge is 0.481 e. The van der Waals surface area contributed by atoms with Crippen LogP contribution in [0, 0.1) is 5.41 Å². The molecule has 1 amide bonds. The summed E-state index contributed by atoms with van der Waals surface area (Å²) >= 11 is 0. The lowest BCUT2D eigenvalue weighted by atomic mass is 9.75. The third-order valence-electron chi connectivity index (χ3n) is 5.67. The number of rotatable bonds is 5. The second kappa shape index (κ2) is 7.54. The number of aliphatic carboxylic acids is 1. The highest BCUT2D eigenvalue weighted by atomic mass is 16.7. The Bertz CT molecular complexity index is 882. The number of fused-ring (bicyclic) bond motifs is 1. The third-order valence-corrected chi connectivity index (χ3v) is 5.67. The number of carbonyl (C=O) groups excluding carboxylic acids is 1. The van der Waals surface area contributed by atoms with Crippen LogP contribution in [0.5, 0.6) is 11.5 Å². The molecule has 4 rings (SSSR count). The molecule has 0 unspecified atom stereocenters. The molecule has 0 aromatic heterocycles. The van der Waals surface area contributed by atoms with Gasteiger partial charge in [-0.1, -0.05) is 30.3 Å². The smallest absolute Gasteiger partial charge is 0.311 e. The molecule has 0 radical (unpaired) electrons. The van der Waals surface area contributed by atoms with Crippen LogP contribution in [-0.2, 0) is 11.2 Å². The molecule has 1 saturated heterocycles. The van der Waals surface area contributed by atoms with Gasteiger partial charge in [-0.25, -0.2) is 0 Å². The molecule has 146 valence electrons. The second-order valence-electron chi connectivity index (χ2n) is 7.47. The van der Waals surface area contributed by atoms with Crippen LogP contribution in [0.3, 0.4) is 0 Å². The van der Waals surface area contributed by atoms with Crippen molar-refractivity contribution in [3.63, 3.8) is 0 Å². The molecule has 0 bridgehead atoms. The van der Waals surface area contributed by atoms with E-state index < -0.39 is 11.4 Å². The Morgan fingerprint density at radius 1 is 1.07 bits per heavy atom. The van der Waals surface area contributed by atoms with Gasteiger partial charge in [0.2, 0.25) is 6.79 Å². The van der Waals surface area contributed by atoms with Crippen LogP contribution in [0.1, 0.15) is 35.2 Å². The van der Waals surface area contributed by atoms with E-state index in [0.29, 0.717) is 49.3 Å². The normalized spacial score (nSPS) is 20.8. The summed E-state index contributed by atoms with van der Waals surface area (Å²) in [6.07, 6.45) is 2.45. The highest BCUT2D eigenvalue weighted by molar-refractivity contribution is 5.95. The highest BCUT2D eigenvalue weighted by Gasteiger charge is 2.43. The lowest BCUT2D eigenvalue weighted by molar-refractivity contribution is -0.152. The van der Waals surface area contributed by atoms with E-state index in [0.717, 1.165) is 5.56 Å². The summed E-state index contributed by atoms with van der Waals surface area (Å²) in [5, 5.41) is 9.99. The molecular weight excluding hydrogens is 358 g/mol. The molecule has 0 saturated carbocycles. The van der Waals surface area contributed by atoms with Crippen molar-refractivity contribution in [1.82, 2.24) is 4.90 Å². The van der Waals surface area contributed by atoms with E-state index in [-0.39, 0.29) is 19.2 Å². The topological polar surface area (TPSA) is 76.1 Å². The molecule has 0 spiro atoms. The van der Waals surface area contributed by atoms with E-state index in [9.17, 15) is 14.7 Å². The minimum atomic E-state index is -0.917. The van der Waals surface area contributed by atoms with Gasteiger partial charge in [-0.05, 0) is 49.4 Å². The summed E-state index contributed by atoms with van der Waals surface area (Å²) in [7, 11) is 0. The first-order valence-corrected chi connectivity index (χ1v) is 9.54. The van der Waals surface area contributed by atoms with Crippen LogP contribution in [0.15, 0.2) is 48.5 Å². The standard InChI is InChI=1S/C22H23NO5/c24-20(17-7-8-18-19(13-17)28-15-27-18)23-12-4-10-22(14-23,21(25)26)11-9-16-5-2-1-3-6-16/h1-3,5-8,13H,4,9-12,14-15H2,(H,25,26)/t22-/m1/s1. The van der Waals surface area contributed by atoms with E-state index in [4.69, 9.17) is 9.47 Å². The van der Waals surface area contributed by atoms with E-state index in [1.165, 1.54) is 0 Å². The average Bonchev–Trinajstić information content (AvgIpc) is 3.20. The van der Waals surface area contributed by atoms with E-state index in [1.54, 1.807) is 23.1 Å². The predicted molar refractivity (Wildman–Crippen MR) is 103 cm³/mol. The lowest BCUT2D eigenvalue weighted by Gasteiger charge is -2.40. The zero-order chi connectivity index (χ0) is 19.6. The van der Waals surface area contributed by atoms with Crippen LogP contribution < -0.4 is 9.47 Å². The number of benzene rings is 2. The molecule has 2 aliphatic rings. The summed E-state index contributed by atoms with van der Waals surface area (Å²) in [5.41, 5.74) is 0.691. The van der Waals surface area contributed by atoms with E-state index in [1.807, 2.05) is 30.3 Å². The molecule has 1 atom stereocenters. The van der Waals surface area contributed by atoms with E-state index >= 15 is 0 Å². The molecular formula is C22H23NO5. The lowest BCUT2D eigenvalue weighted by Crippen LogP contribution is -2.50. The minimum absolute atomic E-state index is 0.151. The number of hydrogen-bond donors (Lipinski definition) is 1. The van der Waals surface area contributed by atoms with Gasteiger partial charge >= 0.3 is 5.97 Å². The molecule has 2 aromatic rings. The summed E-state index contributed by atoms with van der Waals surface area (Å²) in [5.74, 6) is 0.185. The molecule has 2 heterocycles. The number of ether oxygens (including phenoxy) is 2. The SMILES string of the molecule is O=C(c1ccc2c(c1)OCO2)N1CCC[C@](CCc2ccccc2)(C(=O)O)C1. The summed E-state index contributed by atoms with van der Waals surface area (Å²) in [4.78, 5) is 26.9. The monoisotopic (exact) mass is 381 g/mol. The zero-order valence-electron chi connectivity index (χ0n) is 15.6. The Morgan fingerprint density at radius 3 is 2.64 bits per heavy atom. The molecule has 28 heavy (non-hydrogen) atoms. The van der Waals surface area contributed by atoms with E-state index in [2.05, 4.69) is 0 Å². The molecule has 1 N–H and O–H groups in total. The number of carboxylic acid groups (broad SMARTS) is 1. The maximum Gasteiger partial charge on any atom is 0.311 e.